The van der Waals surface area contributed by atoms with E-state index in [9.17, 15) is 9.90 Å². The molecule has 0 aliphatic carbocycles. The van der Waals surface area contributed by atoms with Gasteiger partial charge < -0.3 is 24.0 Å². The van der Waals surface area contributed by atoms with Crippen molar-refractivity contribution in [3.05, 3.63) is 40.9 Å². The molecule has 0 saturated carbocycles. The maximum atomic E-state index is 13.3. The average Bonchev–Trinajstić information content (AvgIpc) is 3.23. The van der Waals surface area contributed by atoms with Crippen LogP contribution in [0.5, 0.6) is 5.88 Å². The second kappa shape index (κ2) is 9.40. The number of aromatic nitrogens is 4. The highest BCUT2D eigenvalue weighted by Gasteiger charge is 2.25. The molecule has 1 unspecified atom stereocenters. The van der Waals surface area contributed by atoms with Gasteiger partial charge in [0.1, 0.15) is 5.52 Å². The molecule has 1 aliphatic heterocycles. The summed E-state index contributed by atoms with van der Waals surface area (Å²) in [6.45, 7) is 4.54. The number of ether oxygens (including phenoxy) is 2. The highest BCUT2D eigenvalue weighted by atomic mass is 16.5. The van der Waals surface area contributed by atoms with E-state index < -0.39 is 6.10 Å². The Labute approximate surface area is 180 Å². The summed E-state index contributed by atoms with van der Waals surface area (Å²) in [5, 5.41) is 9.91. The minimum atomic E-state index is -0.443. The molecule has 4 rings (SSSR count). The number of β-amino-alcohol motifs (C(OH)–C–C–N with tert-alkyl or cyclic N) is 1. The number of rotatable bonds is 8. The molecule has 3 aromatic heterocycles. The summed E-state index contributed by atoms with van der Waals surface area (Å²) in [6, 6.07) is 5.50. The molecule has 1 aliphatic rings. The summed E-state index contributed by atoms with van der Waals surface area (Å²) in [5.41, 5.74) is 2.63. The van der Waals surface area contributed by atoms with E-state index in [1.165, 1.54) is 0 Å². The molecule has 9 heteroatoms. The lowest BCUT2D eigenvalue weighted by Crippen LogP contribution is -2.33. The van der Waals surface area contributed by atoms with Gasteiger partial charge in [-0.25, -0.2) is 9.97 Å². The first-order valence-electron chi connectivity index (χ1n) is 10.5. The lowest BCUT2D eigenvalue weighted by atomic mass is 10.2. The van der Waals surface area contributed by atoms with Crippen molar-refractivity contribution in [2.75, 3.05) is 38.3 Å². The number of hydrogen-bond acceptors (Lipinski definition) is 8. The van der Waals surface area contributed by atoms with Crippen molar-refractivity contribution in [3.63, 3.8) is 0 Å². The van der Waals surface area contributed by atoms with Crippen LogP contribution >= 0.6 is 0 Å². The van der Waals surface area contributed by atoms with Gasteiger partial charge in [-0.05, 0) is 25.0 Å². The van der Waals surface area contributed by atoms with E-state index in [1.807, 2.05) is 24.0 Å². The fourth-order valence-electron chi connectivity index (χ4n) is 3.71. The van der Waals surface area contributed by atoms with E-state index in [0.717, 1.165) is 12.0 Å². The molecule has 1 atom stereocenters. The molecule has 0 amide bonds. The monoisotopic (exact) mass is 425 g/mol. The van der Waals surface area contributed by atoms with Crippen molar-refractivity contribution in [1.29, 1.82) is 0 Å². The van der Waals surface area contributed by atoms with Gasteiger partial charge in [-0.15, -0.1) is 0 Å². The third-order valence-corrected chi connectivity index (χ3v) is 5.33. The summed E-state index contributed by atoms with van der Waals surface area (Å²) in [6.07, 6.45) is 4.46. The molecule has 0 bridgehead atoms. The van der Waals surface area contributed by atoms with Crippen molar-refractivity contribution in [2.45, 2.75) is 32.4 Å². The van der Waals surface area contributed by atoms with Gasteiger partial charge in [0.2, 0.25) is 5.88 Å². The standard InChI is InChI=1S/C22H27N5O4/c1-3-9-31-10-8-27-19-11-17(15-4-5-20(30-2)24-12-15)23-13-18(19)25-21(22(27)29)26-7-6-16(28)14-26/h4-5,11-13,16,28H,3,6-10,14H2,1-2H3. The van der Waals surface area contributed by atoms with Crippen molar-refractivity contribution < 1.29 is 14.6 Å². The second-order valence-electron chi connectivity index (χ2n) is 7.54. The topological polar surface area (TPSA) is 103 Å². The zero-order valence-electron chi connectivity index (χ0n) is 17.8. The van der Waals surface area contributed by atoms with Crippen LogP contribution in [0.15, 0.2) is 35.4 Å². The number of anilines is 1. The van der Waals surface area contributed by atoms with Gasteiger partial charge in [0.15, 0.2) is 5.82 Å². The Morgan fingerprint density at radius 2 is 2.10 bits per heavy atom. The molecule has 0 aromatic carbocycles. The van der Waals surface area contributed by atoms with Crippen LogP contribution in [0.3, 0.4) is 0 Å². The van der Waals surface area contributed by atoms with Crippen molar-refractivity contribution in [2.24, 2.45) is 0 Å². The fraction of sp³-hybridized carbons (Fsp3) is 0.455. The Hall–Kier alpha value is -3.04. The summed E-state index contributed by atoms with van der Waals surface area (Å²) in [7, 11) is 1.57. The number of methoxy groups -OCH3 is 1. The first-order chi connectivity index (χ1) is 15.1. The van der Waals surface area contributed by atoms with Crippen molar-refractivity contribution in [1.82, 2.24) is 19.5 Å². The fourth-order valence-corrected chi connectivity index (χ4v) is 3.71. The van der Waals surface area contributed by atoms with Crippen LogP contribution < -0.4 is 15.2 Å². The van der Waals surface area contributed by atoms with E-state index in [4.69, 9.17) is 9.47 Å². The van der Waals surface area contributed by atoms with Crippen LogP contribution in [0.25, 0.3) is 22.3 Å². The average molecular weight is 425 g/mol. The van der Waals surface area contributed by atoms with Gasteiger partial charge in [0, 0.05) is 44.1 Å². The second-order valence-corrected chi connectivity index (χ2v) is 7.54. The first kappa shape index (κ1) is 21.2. The van der Waals surface area contributed by atoms with E-state index in [2.05, 4.69) is 15.0 Å². The molecule has 0 radical (unpaired) electrons. The third-order valence-electron chi connectivity index (χ3n) is 5.33. The lowest BCUT2D eigenvalue weighted by Gasteiger charge is -2.19. The van der Waals surface area contributed by atoms with E-state index in [0.29, 0.717) is 67.7 Å². The van der Waals surface area contributed by atoms with Gasteiger partial charge in [-0.3, -0.25) is 9.78 Å². The number of aliphatic hydroxyl groups is 1. The molecule has 1 fully saturated rings. The number of pyridine rings is 2. The highest BCUT2D eigenvalue weighted by Crippen LogP contribution is 2.23. The predicted octanol–water partition coefficient (Wildman–Crippen LogP) is 1.86. The molecule has 3 aromatic rings. The van der Waals surface area contributed by atoms with Gasteiger partial charge in [-0.2, -0.15) is 0 Å². The summed E-state index contributed by atoms with van der Waals surface area (Å²) < 4.78 is 12.5. The Bertz CT molecular complexity index is 1100. The molecule has 31 heavy (non-hydrogen) atoms. The Morgan fingerprint density at radius 1 is 1.23 bits per heavy atom. The normalized spacial score (nSPS) is 16.2. The maximum absolute atomic E-state index is 13.3. The SMILES string of the molecule is CCCOCCn1c(=O)c(N2CCC(O)C2)nc2cnc(-c3ccc(OC)nc3)cc21. The van der Waals surface area contributed by atoms with Crippen LogP contribution in [0.2, 0.25) is 0 Å². The zero-order chi connectivity index (χ0) is 21.8. The van der Waals surface area contributed by atoms with Crippen LogP contribution in [-0.2, 0) is 11.3 Å². The predicted molar refractivity (Wildman–Crippen MR) is 118 cm³/mol. The van der Waals surface area contributed by atoms with Crippen LogP contribution in [0, 0.1) is 0 Å². The largest absolute Gasteiger partial charge is 0.481 e. The van der Waals surface area contributed by atoms with Gasteiger partial charge in [-0.1, -0.05) is 6.92 Å². The quantitative estimate of drug-likeness (QED) is 0.546. The van der Waals surface area contributed by atoms with E-state index in [-0.39, 0.29) is 5.56 Å². The molecule has 0 spiro atoms. The van der Waals surface area contributed by atoms with Gasteiger partial charge >= 0.3 is 0 Å². The smallest absolute Gasteiger partial charge is 0.294 e. The first-order valence-corrected chi connectivity index (χ1v) is 10.5. The number of aliphatic hydroxyl groups excluding tert-OH is 1. The third kappa shape index (κ3) is 4.52. The minimum absolute atomic E-state index is 0.188. The molecule has 1 N–H and O–H groups in total. The Kier molecular flexibility index (Phi) is 6.43. The molecule has 1 saturated heterocycles. The summed E-state index contributed by atoms with van der Waals surface area (Å²) in [5.74, 6) is 0.869. The summed E-state index contributed by atoms with van der Waals surface area (Å²) in [4.78, 5) is 28.6. The number of fused-ring (bicyclic) bond motifs is 1. The van der Waals surface area contributed by atoms with Crippen LogP contribution in [0.4, 0.5) is 5.82 Å². The van der Waals surface area contributed by atoms with Gasteiger partial charge in [0.05, 0.1) is 37.2 Å². The summed E-state index contributed by atoms with van der Waals surface area (Å²) >= 11 is 0. The minimum Gasteiger partial charge on any atom is -0.481 e. The van der Waals surface area contributed by atoms with Gasteiger partial charge in [0.25, 0.3) is 5.56 Å². The number of nitrogens with zero attached hydrogens (tertiary/aromatic N) is 5. The number of hydrogen-bond donors (Lipinski definition) is 1. The van der Waals surface area contributed by atoms with E-state index >= 15 is 0 Å². The molecular formula is C22H27N5O4. The molecule has 4 heterocycles. The maximum Gasteiger partial charge on any atom is 0.294 e. The Morgan fingerprint density at radius 3 is 2.77 bits per heavy atom. The van der Waals surface area contributed by atoms with Crippen LogP contribution in [0.1, 0.15) is 19.8 Å². The zero-order valence-corrected chi connectivity index (χ0v) is 17.8. The molecular weight excluding hydrogens is 398 g/mol. The van der Waals surface area contributed by atoms with Crippen LogP contribution in [-0.4, -0.2) is 64.1 Å². The molecule has 9 nitrogen and oxygen atoms in total. The lowest BCUT2D eigenvalue weighted by molar-refractivity contribution is 0.127. The van der Waals surface area contributed by atoms with Crippen molar-refractivity contribution in [3.8, 4) is 17.1 Å². The highest BCUT2D eigenvalue weighted by molar-refractivity contribution is 5.80. The molecule has 164 valence electrons. The van der Waals surface area contributed by atoms with E-state index in [1.54, 1.807) is 30.1 Å². The Balaban J connectivity index is 1.77. The van der Waals surface area contributed by atoms with Crippen molar-refractivity contribution >= 4 is 16.9 Å².